The molecule has 2 aromatic rings. The van der Waals surface area contributed by atoms with Gasteiger partial charge in [0.25, 0.3) is 5.91 Å². The number of hydrogen-bond donors (Lipinski definition) is 0. The predicted molar refractivity (Wildman–Crippen MR) is 88.3 cm³/mol. The fourth-order valence-corrected chi connectivity index (χ4v) is 3.32. The number of alkyl halides is 3. The van der Waals surface area contributed by atoms with Gasteiger partial charge >= 0.3 is 6.18 Å². The Bertz CT molecular complexity index is 765. The highest BCUT2D eigenvalue weighted by atomic mass is 19.4. The molecule has 1 aromatic heterocycles. The standard InChI is InChI=1S/C19H19F3N2O/c1-13-6-9-23-17(12-13)18(25)24-10-7-14(8-11-24)15-4-2-3-5-16(15)19(20,21)22/h2-6,9,12,14H,7-8,10-11H2,1H3. The Morgan fingerprint density at radius 3 is 2.48 bits per heavy atom. The van der Waals surface area contributed by atoms with Gasteiger partial charge in [-0.05, 0) is 55.0 Å². The first-order chi connectivity index (χ1) is 11.9. The fourth-order valence-electron chi connectivity index (χ4n) is 3.32. The molecule has 3 rings (SSSR count). The molecule has 0 bridgehead atoms. The van der Waals surface area contributed by atoms with Crippen LogP contribution in [0.5, 0.6) is 0 Å². The molecule has 2 heterocycles. The van der Waals surface area contributed by atoms with Crippen molar-refractivity contribution in [3.05, 3.63) is 65.0 Å². The van der Waals surface area contributed by atoms with Crippen molar-refractivity contribution in [1.29, 1.82) is 0 Å². The lowest BCUT2D eigenvalue weighted by Gasteiger charge is -2.33. The van der Waals surface area contributed by atoms with Crippen molar-refractivity contribution < 1.29 is 18.0 Å². The highest BCUT2D eigenvalue weighted by molar-refractivity contribution is 5.92. The largest absolute Gasteiger partial charge is 0.416 e. The number of nitrogens with zero attached hydrogens (tertiary/aromatic N) is 2. The predicted octanol–water partition coefficient (Wildman–Crippen LogP) is 4.43. The topological polar surface area (TPSA) is 33.2 Å². The van der Waals surface area contributed by atoms with Crippen molar-refractivity contribution >= 4 is 5.91 Å². The minimum absolute atomic E-state index is 0.161. The van der Waals surface area contributed by atoms with Gasteiger partial charge in [-0.1, -0.05) is 18.2 Å². The molecular formula is C19H19F3N2O. The van der Waals surface area contributed by atoms with Gasteiger partial charge in [-0.25, -0.2) is 0 Å². The lowest BCUT2D eigenvalue weighted by Crippen LogP contribution is -2.38. The fraction of sp³-hybridized carbons (Fsp3) is 0.368. The summed E-state index contributed by atoms with van der Waals surface area (Å²) >= 11 is 0. The Kier molecular flexibility index (Phi) is 4.79. The van der Waals surface area contributed by atoms with Gasteiger partial charge in [-0.15, -0.1) is 0 Å². The van der Waals surface area contributed by atoms with Crippen LogP contribution in [0, 0.1) is 6.92 Å². The Hall–Kier alpha value is -2.37. The molecule has 1 fully saturated rings. The molecule has 25 heavy (non-hydrogen) atoms. The van der Waals surface area contributed by atoms with Crippen LogP contribution < -0.4 is 0 Å². The number of likely N-dealkylation sites (tertiary alicyclic amines) is 1. The van der Waals surface area contributed by atoms with E-state index >= 15 is 0 Å². The molecule has 0 spiro atoms. The van der Waals surface area contributed by atoms with E-state index in [2.05, 4.69) is 4.98 Å². The van der Waals surface area contributed by atoms with Crippen LogP contribution in [0.4, 0.5) is 13.2 Å². The molecule has 132 valence electrons. The minimum atomic E-state index is -4.35. The van der Waals surface area contributed by atoms with E-state index in [1.807, 2.05) is 13.0 Å². The smallest absolute Gasteiger partial charge is 0.337 e. The molecule has 0 saturated carbocycles. The summed E-state index contributed by atoms with van der Waals surface area (Å²) in [6, 6.07) is 9.27. The van der Waals surface area contributed by atoms with Crippen LogP contribution in [0.2, 0.25) is 0 Å². The molecule has 3 nitrogen and oxygen atoms in total. The SMILES string of the molecule is Cc1ccnc(C(=O)N2CCC(c3ccccc3C(F)(F)F)CC2)c1. The van der Waals surface area contributed by atoms with Gasteiger partial charge < -0.3 is 4.90 Å². The normalized spacial score (nSPS) is 16.1. The Morgan fingerprint density at radius 1 is 1.16 bits per heavy atom. The summed E-state index contributed by atoms with van der Waals surface area (Å²) in [4.78, 5) is 18.3. The number of aryl methyl sites for hydroxylation is 1. The van der Waals surface area contributed by atoms with Crippen molar-refractivity contribution in [3.8, 4) is 0 Å². The molecule has 1 aliphatic heterocycles. The molecule has 1 aliphatic rings. The number of halogens is 3. The minimum Gasteiger partial charge on any atom is -0.337 e. The van der Waals surface area contributed by atoms with Crippen molar-refractivity contribution in [2.75, 3.05) is 13.1 Å². The molecule has 6 heteroatoms. The molecule has 0 N–H and O–H groups in total. The summed E-state index contributed by atoms with van der Waals surface area (Å²) in [5, 5.41) is 0. The first kappa shape index (κ1) is 17.5. The number of pyridine rings is 1. The number of hydrogen-bond acceptors (Lipinski definition) is 2. The number of benzene rings is 1. The average molecular weight is 348 g/mol. The second kappa shape index (κ2) is 6.86. The van der Waals surface area contributed by atoms with Crippen molar-refractivity contribution in [1.82, 2.24) is 9.88 Å². The maximum atomic E-state index is 13.2. The van der Waals surface area contributed by atoms with Crippen LogP contribution >= 0.6 is 0 Å². The number of carbonyl (C=O) groups is 1. The van der Waals surface area contributed by atoms with E-state index < -0.39 is 11.7 Å². The highest BCUT2D eigenvalue weighted by Gasteiger charge is 2.36. The van der Waals surface area contributed by atoms with E-state index in [0.29, 0.717) is 37.2 Å². The van der Waals surface area contributed by atoms with Crippen molar-refractivity contribution in [2.45, 2.75) is 31.9 Å². The van der Waals surface area contributed by atoms with E-state index in [1.54, 1.807) is 29.3 Å². The van der Waals surface area contributed by atoms with E-state index in [9.17, 15) is 18.0 Å². The van der Waals surface area contributed by atoms with E-state index in [4.69, 9.17) is 0 Å². The lowest BCUT2D eigenvalue weighted by atomic mass is 9.86. The van der Waals surface area contributed by atoms with Crippen LogP contribution in [0.3, 0.4) is 0 Å². The summed E-state index contributed by atoms with van der Waals surface area (Å²) in [5.74, 6) is -0.349. The Morgan fingerprint density at radius 2 is 1.84 bits per heavy atom. The molecule has 0 radical (unpaired) electrons. The van der Waals surface area contributed by atoms with Crippen LogP contribution in [-0.4, -0.2) is 28.9 Å². The second-order valence-corrected chi connectivity index (χ2v) is 6.37. The van der Waals surface area contributed by atoms with Gasteiger partial charge in [-0.3, -0.25) is 9.78 Å². The first-order valence-electron chi connectivity index (χ1n) is 8.24. The van der Waals surface area contributed by atoms with Crippen LogP contribution in [0.1, 0.15) is 45.9 Å². The number of amides is 1. The lowest BCUT2D eigenvalue weighted by molar-refractivity contribution is -0.138. The molecular weight excluding hydrogens is 329 g/mol. The zero-order valence-electron chi connectivity index (χ0n) is 13.9. The van der Waals surface area contributed by atoms with Crippen molar-refractivity contribution in [2.24, 2.45) is 0 Å². The third-order valence-corrected chi connectivity index (χ3v) is 4.62. The van der Waals surface area contributed by atoms with Gasteiger partial charge in [0.15, 0.2) is 0 Å². The molecule has 1 aromatic carbocycles. The summed E-state index contributed by atoms with van der Waals surface area (Å²) in [6.07, 6.45) is -1.72. The molecule has 0 unspecified atom stereocenters. The number of rotatable bonds is 2. The van der Waals surface area contributed by atoms with Gasteiger partial charge in [0.1, 0.15) is 5.69 Å². The van der Waals surface area contributed by atoms with Gasteiger partial charge in [0.2, 0.25) is 0 Å². The molecule has 0 atom stereocenters. The van der Waals surface area contributed by atoms with Crippen LogP contribution in [0.15, 0.2) is 42.6 Å². The number of aromatic nitrogens is 1. The zero-order valence-corrected chi connectivity index (χ0v) is 13.9. The van der Waals surface area contributed by atoms with Crippen molar-refractivity contribution in [3.63, 3.8) is 0 Å². The van der Waals surface area contributed by atoms with E-state index in [-0.39, 0.29) is 11.8 Å². The zero-order chi connectivity index (χ0) is 18.0. The van der Waals surface area contributed by atoms with Crippen LogP contribution in [-0.2, 0) is 6.18 Å². The van der Waals surface area contributed by atoms with Crippen LogP contribution in [0.25, 0.3) is 0 Å². The third-order valence-electron chi connectivity index (χ3n) is 4.62. The maximum Gasteiger partial charge on any atom is 0.416 e. The summed E-state index contributed by atoms with van der Waals surface area (Å²) < 4.78 is 39.6. The maximum absolute atomic E-state index is 13.2. The van der Waals surface area contributed by atoms with E-state index in [0.717, 1.165) is 11.6 Å². The highest BCUT2D eigenvalue weighted by Crippen LogP contribution is 2.38. The Balaban J connectivity index is 1.72. The summed E-state index contributed by atoms with van der Waals surface area (Å²) in [7, 11) is 0. The second-order valence-electron chi connectivity index (χ2n) is 6.37. The quantitative estimate of drug-likeness (QED) is 0.804. The number of piperidine rings is 1. The average Bonchev–Trinajstić information content (AvgIpc) is 2.60. The van der Waals surface area contributed by atoms with E-state index in [1.165, 1.54) is 6.07 Å². The summed E-state index contributed by atoms with van der Waals surface area (Å²) in [6.45, 7) is 2.76. The molecule has 1 saturated heterocycles. The number of carbonyl (C=O) groups excluding carboxylic acids is 1. The summed E-state index contributed by atoms with van der Waals surface area (Å²) in [5.41, 5.74) is 1.09. The van der Waals surface area contributed by atoms with Gasteiger partial charge in [-0.2, -0.15) is 13.2 Å². The third kappa shape index (κ3) is 3.83. The van der Waals surface area contributed by atoms with Gasteiger partial charge in [0, 0.05) is 19.3 Å². The first-order valence-corrected chi connectivity index (χ1v) is 8.24. The monoisotopic (exact) mass is 348 g/mol. The van der Waals surface area contributed by atoms with Gasteiger partial charge in [0.05, 0.1) is 5.56 Å². The molecule has 1 amide bonds. The Labute approximate surface area is 144 Å². The molecule has 0 aliphatic carbocycles.